The van der Waals surface area contributed by atoms with Gasteiger partial charge in [0.25, 0.3) is 0 Å². The van der Waals surface area contributed by atoms with Crippen LogP contribution in [0.25, 0.3) is 0 Å². The molecular weight excluding hydrogens is 382 g/mol. The van der Waals surface area contributed by atoms with Gasteiger partial charge in [-0.2, -0.15) is 0 Å². The van der Waals surface area contributed by atoms with Crippen molar-refractivity contribution < 1.29 is 8.42 Å². The van der Waals surface area contributed by atoms with Crippen LogP contribution in [0.3, 0.4) is 0 Å². The van der Waals surface area contributed by atoms with E-state index in [0.29, 0.717) is 9.79 Å². The van der Waals surface area contributed by atoms with Crippen LogP contribution < -0.4 is 9.80 Å². The molecule has 0 bridgehead atoms. The second-order valence-electron chi connectivity index (χ2n) is 7.75. The second kappa shape index (κ2) is 9.63. The minimum atomic E-state index is -3.58. The zero-order valence-corrected chi connectivity index (χ0v) is 18.7. The molecule has 0 saturated carbocycles. The van der Waals surface area contributed by atoms with Crippen molar-refractivity contribution in [3.05, 3.63) is 48.5 Å². The zero-order valence-electron chi connectivity index (χ0n) is 17.8. The minimum Gasteiger partial charge on any atom is -0.370 e. The van der Waals surface area contributed by atoms with Crippen LogP contribution in [0.5, 0.6) is 0 Å². The Morgan fingerprint density at radius 2 is 1.52 bits per heavy atom. The number of hydrogen-bond acceptors (Lipinski definition) is 5. The van der Waals surface area contributed by atoms with E-state index in [4.69, 9.17) is 0 Å². The van der Waals surface area contributed by atoms with Gasteiger partial charge >= 0.3 is 0 Å². The Balaban J connectivity index is 2.07. The highest BCUT2D eigenvalue weighted by molar-refractivity contribution is 7.91. The second-order valence-corrected chi connectivity index (χ2v) is 9.66. The first-order valence-corrected chi connectivity index (χ1v) is 12.1. The number of likely N-dealkylation sites (N-methyl/N-ethyl adjacent to an activating group) is 1. The fourth-order valence-electron chi connectivity index (χ4n) is 3.86. The number of benzene rings is 2. The highest BCUT2D eigenvalue weighted by atomic mass is 32.2. The number of anilines is 2. The average molecular weight is 416 g/mol. The van der Waals surface area contributed by atoms with Gasteiger partial charge in [0.05, 0.1) is 15.5 Å². The van der Waals surface area contributed by atoms with Gasteiger partial charge in [-0.25, -0.2) is 8.42 Å². The largest absolute Gasteiger partial charge is 0.370 e. The first kappa shape index (κ1) is 21.7. The molecule has 0 N–H and O–H groups in total. The van der Waals surface area contributed by atoms with Crippen molar-refractivity contribution in [1.82, 2.24) is 4.90 Å². The molecule has 0 atom stereocenters. The maximum absolute atomic E-state index is 13.5. The Kier molecular flexibility index (Phi) is 7.19. The lowest BCUT2D eigenvalue weighted by Gasteiger charge is -2.35. The molecule has 29 heavy (non-hydrogen) atoms. The van der Waals surface area contributed by atoms with E-state index in [1.807, 2.05) is 18.2 Å². The van der Waals surface area contributed by atoms with E-state index in [-0.39, 0.29) is 0 Å². The molecule has 2 aromatic carbocycles. The number of piperazine rings is 1. The predicted molar refractivity (Wildman–Crippen MR) is 121 cm³/mol. The molecule has 2 aromatic rings. The van der Waals surface area contributed by atoms with Gasteiger partial charge in [0.2, 0.25) is 9.84 Å². The number of rotatable bonds is 8. The maximum atomic E-state index is 13.5. The van der Waals surface area contributed by atoms with Crippen LogP contribution in [0, 0.1) is 0 Å². The first-order chi connectivity index (χ1) is 14.0. The summed E-state index contributed by atoms with van der Waals surface area (Å²) in [4.78, 5) is 7.67. The molecular formula is C23H33N3O2S. The Morgan fingerprint density at radius 3 is 2.10 bits per heavy atom. The molecule has 6 heteroatoms. The zero-order chi connectivity index (χ0) is 20.9. The molecule has 1 aliphatic rings. The van der Waals surface area contributed by atoms with Crippen molar-refractivity contribution in [2.45, 2.75) is 36.5 Å². The van der Waals surface area contributed by atoms with E-state index in [1.54, 1.807) is 24.3 Å². The predicted octanol–water partition coefficient (Wildman–Crippen LogP) is 3.90. The summed E-state index contributed by atoms with van der Waals surface area (Å²) in [5, 5.41) is 0. The van der Waals surface area contributed by atoms with E-state index in [2.05, 4.69) is 41.7 Å². The molecule has 0 amide bonds. The lowest BCUT2D eigenvalue weighted by molar-refractivity contribution is 0.313. The summed E-state index contributed by atoms with van der Waals surface area (Å²) in [5.41, 5.74) is 1.94. The normalized spacial score (nSPS) is 15.5. The molecule has 5 nitrogen and oxygen atoms in total. The van der Waals surface area contributed by atoms with E-state index in [0.717, 1.165) is 63.5 Å². The van der Waals surface area contributed by atoms with Crippen LogP contribution in [0.2, 0.25) is 0 Å². The lowest BCUT2D eigenvalue weighted by atomic mass is 10.2. The topological polar surface area (TPSA) is 43.9 Å². The third-order valence-electron chi connectivity index (χ3n) is 5.48. The van der Waals surface area contributed by atoms with Crippen LogP contribution >= 0.6 is 0 Å². The van der Waals surface area contributed by atoms with Gasteiger partial charge in [-0.05, 0) is 50.2 Å². The molecule has 0 aromatic heterocycles. The Bertz CT molecular complexity index is 886. The van der Waals surface area contributed by atoms with Gasteiger partial charge < -0.3 is 14.7 Å². The van der Waals surface area contributed by atoms with Gasteiger partial charge in [0, 0.05) is 45.0 Å². The van der Waals surface area contributed by atoms with E-state index >= 15 is 0 Å². The maximum Gasteiger partial charge on any atom is 0.208 e. The molecule has 3 rings (SSSR count). The number of hydrogen-bond donors (Lipinski definition) is 0. The number of sulfone groups is 1. The summed E-state index contributed by atoms with van der Waals surface area (Å²) in [6, 6.07) is 14.6. The van der Waals surface area contributed by atoms with Gasteiger partial charge in [0.15, 0.2) is 0 Å². The highest BCUT2D eigenvalue weighted by Gasteiger charge is 2.25. The summed E-state index contributed by atoms with van der Waals surface area (Å²) >= 11 is 0. The molecule has 0 spiro atoms. The lowest BCUT2D eigenvalue weighted by Crippen LogP contribution is -2.44. The Hall–Kier alpha value is -2.05. The van der Waals surface area contributed by atoms with Gasteiger partial charge in [-0.15, -0.1) is 0 Å². The van der Waals surface area contributed by atoms with E-state index in [1.165, 1.54) is 0 Å². The molecule has 1 heterocycles. The molecule has 0 radical (unpaired) electrons. The fourth-order valence-corrected chi connectivity index (χ4v) is 5.34. The quantitative estimate of drug-likeness (QED) is 0.654. The number of nitrogens with zero attached hydrogens (tertiary/aromatic N) is 3. The van der Waals surface area contributed by atoms with Crippen molar-refractivity contribution in [2.75, 3.05) is 56.1 Å². The van der Waals surface area contributed by atoms with Crippen LogP contribution in [0.4, 0.5) is 11.4 Å². The summed E-state index contributed by atoms with van der Waals surface area (Å²) in [6.45, 7) is 9.93. The van der Waals surface area contributed by atoms with E-state index < -0.39 is 9.84 Å². The van der Waals surface area contributed by atoms with Crippen molar-refractivity contribution >= 4 is 21.2 Å². The SMILES string of the molecule is CCCN(CCC)c1cc(N2CCN(C)CC2)ccc1S(=O)(=O)c1ccccc1. The molecule has 0 unspecified atom stereocenters. The smallest absolute Gasteiger partial charge is 0.208 e. The standard InChI is InChI=1S/C23H33N3O2S/c1-4-13-26(14-5-2)22-19-20(25-17-15-24(3)16-18-25)11-12-23(22)29(27,28)21-9-7-6-8-10-21/h6-12,19H,4-5,13-18H2,1-3H3. The van der Waals surface area contributed by atoms with Gasteiger partial charge in [-0.1, -0.05) is 32.0 Å². The third kappa shape index (κ3) is 4.93. The molecule has 1 aliphatic heterocycles. The third-order valence-corrected chi connectivity index (χ3v) is 7.30. The molecule has 158 valence electrons. The van der Waals surface area contributed by atoms with Gasteiger partial charge in [-0.3, -0.25) is 0 Å². The van der Waals surface area contributed by atoms with Crippen molar-refractivity contribution in [3.8, 4) is 0 Å². The summed E-state index contributed by atoms with van der Waals surface area (Å²) < 4.78 is 26.9. The van der Waals surface area contributed by atoms with Gasteiger partial charge in [0.1, 0.15) is 0 Å². The fraction of sp³-hybridized carbons (Fsp3) is 0.478. The van der Waals surface area contributed by atoms with Crippen LogP contribution in [-0.2, 0) is 9.84 Å². The minimum absolute atomic E-state index is 0.349. The van der Waals surface area contributed by atoms with Crippen molar-refractivity contribution in [1.29, 1.82) is 0 Å². The van der Waals surface area contributed by atoms with E-state index in [9.17, 15) is 8.42 Å². The van der Waals surface area contributed by atoms with Crippen LogP contribution in [0.15, 0.2) is 58.3 Å². The Morgan fingerprint density at radius 1 is 0.897 bits per heavy atom. The van der Waals surface area contributed by atoms with Crippen molar-refractivity contribution in [3.63, 3.8) is 0 Å². The average Bonchev–Trinajstić information content (AvgIpc) is 2.74. The van der Waals surface area contributed by atoms with Crippen LogP contribution in [-0.4, -0.2) is 59.6 Å². The summed E-state index contributed by atoms with van der Waals surface area (Å²) in [7, 11) is -1.43. The monoisotopic (exact) mass is 415 g/mol. The Labute approximate surface area is 175 Å². The van der Waals surface area contributed by atoms with Crippen LogP contribution in [0.1, 0.15) is 26.7 Å². The summed E-state index contributed by atoms with van der Waals surface area (Å²) in [6.07, 6.45) is 1.95. The molecule has 0 aliphatic carbocycles. The molecule has 1 saturated heterocycles. The summed E-state index contributed by atoms with van der Waals surface area (Å²) in [5.74, 6) is 0. The van der Waals surface area contributed by atoms with Crippen molar-refractivity contribution in [2.24, 2.45) is 0 Å². The highest BCUT2D eigenvalue weighted by Crippen LogP contribution is 2.34. The molecule has 1 fully saturated rings. The first-order valence-electron chi connectivity index (χ1n) is 10.6.